The molecule has 6 heteroatoms. The number of nitrogens with two attached hydrogens (primary N) is 2. The Labute approximate surface area is 114 Å². The molecule has 0 aliphatic rings. The van der Waals surface area contributed by atoms with E-state index in [4.69, 9.17) is 11.5 Å². The number of carbonyl (C=O) groups is 2. The summed E-state index contributed by atoms with van der Waals surface area (Å²) in [7, 11) is 0. The summed E-state index contributed by atoms with van der Waals surface area (Å²) in [6, 6.07) is 5.09. The van der Waals surface area contributed by atoms with Gasteiger partial charge in [0.25, 0.3) is 5.91 Å². The van der Waals surface area contributed by atoms with E-state index in [0.29, 0.717) is 10.6 Å². The minimum atomic E-state index is -0.723. The second-order valence-corrected chi connectivity index (χ2v) is 5.49. The minimum Gasteiger partial charge on any atom is -0.397 e. The second kappa shape index (κ2) is 4.89. The molecule has 0 spiro atoms. The van der Waals surface area contributed by atoms with Crippen LogP contribution in [0.2, 0.25) is 0 Å². The molecule has 0 aliphatic heterocycles. The Bertz CT molecular complexity index is 663. The standard InChI is InChI=1S/C13H15N3O2S/c1-6-3-4-8-9(5-6)19-11(10(8)14)13(18)16-7(2)12(15)17/h3-5,7H,14H2,1-2H3,(H2,15,17)(H,16,18). The van der Waals surface area contributed by atoms with Gasteiger partial charge in [0.15, 0.2) is 0 Å². The van der Waals surface area contributed by atoms with E-state index in [1.165, 1.54) is 18.3 Å². The van der Waals surface area contributed by atoms with Crippen molar-refractivity contribution in [2.45, 2.75) is 19.9 Å². The van der Waals surface area contributed by atoms with E-state index in [1.807, 2.05) is 25.1 Å². The number of hydrogen-bond acceptors (Lipinski definition) is 4. The number of aryl methyl sites for hydroxylation is 1. The van der Waals surface area contributed by atoms with Crippen molar-refractivity contribution in [2.75, 3.05) is 5.73 Å². The average molecular weight is 277 g/mol. The first-order chi connectivity index (χ1) is 8.90. The van der Waals surface area contributed by atoms with Crippen molar-refractivity contribution in [3.63, 3.8) is 0 Å². The first-order valence-electron chi connectivity index (χ1n) is 5.79. The molecule has 0 fully saturated rings. The molecule has 1 atom stereocenters. The molecule has 1 aromatic heterocycles. The quantitative estimate of drug-likeness (QED) is 0.790. The van der Waals surface area contributed by atoms with Gasteiger partial charge in [0, 0.05) is 10.1 Å². The monoisotopic (exact) mass is 277 g/mol. The number of benzene rings is 1. The molecule has 5 nitrogen and oxygen atoms in total. The van der Waals surface area contributed by atoms with Crippen molar-refractivity contribution in [1.82, 2.24) is 5.32 Å². The van der Waals surface area contributed by atoms with Crippen LogP contribution >= 0.6 is 11.3 Å². The zero-order chi connectivity index (χ0) is 14.2. The number of amides is 2. The fraction of sp³-hybridized carbons (Fsp3) is 0.231. The highest BCUT2D eigenvalue weighted by molar-refractivity contribution is 7.21. The molecule has 19 heavy (non-hydrogen) atoms. The predicted molar refractivity (Wildman–Crippen MR) is 77.1 cm³/mol. The van der Waals surface area contributed by atoms with Gasteiger partial charge in [0.2, 0.25) is 5.91 Å². The van der Waals surface area contributed by atoms with Crippen molar-refractivity contribution in [1.29, 1.82) is 0 Å². The van der Waals surface area contributed by atoms with Crippen LogP contribution in [0.1, 0.15) is 22.2 Å². The van der Waals surface area contributed by atoms with Crippen molar-refractivity contribution in [2.24, 2.45) is 5.73 Å². The Kier molecular flexibility index (Phi) is 3.44. The van der Waals surface area contributed by atoms with Gasteiger partial charge in [-0.3, -0.25) is 9.59 Å². The van der Waals surface area contributed by atoms with Gasteiger partial charge in [0.1, 0.15) is 10.9 Å². The molecular weight excluding hydrogens is 262 g/mol. The highest BCUT2D eigenvalue weighted by atomic mass is 32.1. The molecule has 2 rings (SSSR count). The number of carbonyl (C=O) groups excluding carboxylic acids is 2. The third-order valence-electron chi connectivity index (χ3n) is 2.86. The highest BCUT2D eigenvalue weighted by Gasteiger charge is 2.19. The number of thiophene rings is 1. The van der Waals surface area contributed by atoms with Crippen LogP contribution in [0.15, 0.2) is 18.2 Å². The summed E-state index contributed by atoms with van der Waals surface area (Å²) in [5.74, 6) is -0.952. The summed E-state index contributed by atoms with van der Waals surface area (Å²) in [5.41, 5.74) is 12.6. The first kappa shape index (κ1) is 13.4. The van der Waals surface area contributed by atoms with Crippen LogP contribution < -0.4 is 16.8 Å². The van der Waals surface area contributed by atoms with Crippen molar-refractivity contribution in [3.05, 3.63) is 28.6 Å². The number of fused-ring (bicyclic) bond motifs is 1. The van der Waals surface area contributed by atoms with Gasteiger partial charge in [-0.1, -0.05) is 12.1 Å². The Morgan fingerprint density at radius 2 is 2.05 bits per heavy atom. The van der Waals surface area contributed by atoms with Gasteiger partial charge in [-0.15, -0.1) is 11.3 Å². The van der Waals surface area contributed by atoms with Gasteiger partial charge in [-0.25, -0.2) is 0 Å². The molecular formula is C13H15N3O2S. The fourth-order valence-electron chi connectivity index (χ4n) is 1.73. The lowest BCUT2D eigenvalue weighted by molar-refractivity contribution is -0.119. The molecule has 2 amide bonds. The van der Waals surface area contributed by atoms with E-state index in [9.17, 15) is 9.59 Å². The van der Waals surface area contributed by atoms with Crippen molar-refractivity contribution in [3.8, 4) is 0 Å². The zero-order valence-electron chi connectivity index (χ0n) is 10.7. The van der Waals surface area contributed by atoms with Crippen LogP contribution in [-0.2, 0) is 4.79 Å². The normalized spacial score (nSPS) is 12.3. The third kappa shape index (κ3) is 2.53. The van der Waals surface area contributed by atoms with Crippen LogP contribution in [0.25, 0.3) is 10.1 Å². The van der Waals surface area contributed by atoms with Crippen LogP contribution in [0.5, 0.6) is 0 Å². The second-order valence-electron chi connectivity index (χ2n) is 4.44. The van der Waals surface area contributed by atoms with Crippen LogP contribution in [0.4, 0.5) is 5.69 Å². The summed E-state index contributed by atoms with van der Waals surface area (Å²) >= 11 is 1.31. The molecule has 0 radical (unpaired) electrons. The maximum atomic E-state index is 12.0. The summed E-state index contributed by atoms with van der Waals surface area (Å²) in [6.45, 7) is 3.51. The van der Waals surface area contributed by atoms with Gasteiger partial charge in [0.05, 0.1) is 5.69 Å². The lowest BCUT2D eigenvalue weighted by Gasteiger charge is -2.09. The number of nitrogens with one attached hydrogen (secondary N) is 1. The van der Waals surface area contributed by atoms with E-state index in [-0.39, 0.29) is 5.91 Å². The maximum absolute atomic E-state index is 12.0. The van der Waals surface area contributed by atoms with E-state index < -0.39 is 11.9 Å². The number of nitrogen functional groups attached to an aromatic ring is 1. The SMILES string of the molecule is Cc1ccc2c(N)c(C(=O)NC(C)C(N)=O)sc2c1. The molecule has 1 unspecified atom stereocenters. The topological polar surface area (TPSA) is 98.2 Å². The Hall–Kier alpha value is -2.08. The summed E-state index contributed by atoms with van der Waals surface area (Å²) in [6.07, 6.45) is 0. The predicted octanol–water partition coefficient (Wildman–Crippen LogP) is 1.40. The third-order valence-corrected chi connectivity index (χ3v) is 4.03. The van der Waals surface area contributed by atoms with E-state index in [1.54, 1.807) is 0 Å². The molecule has 100 valence electrons. The molecule has 0 aliphatic carbocycles. The Morgan fingerprint density at radius 1 is 1.37 bits per heavy atom. The van der Waals surface area contributed by atoms with Crippen LogP contribution in [0.3, 0.4) is 0 Å². The summed E-state index contributed by atoms with van der Waals surface area (Å²) < 4.78 is 0.953. The molecule has 5 N–H and O–H groups in total. The minimum absolute atomic E-state index is 0.373. The van der Waals surface area contributed by atoms with Crippen LogP contribution in [0, 0.1) is 6.92 Å². The Balaban J connectivity index is 2.37. The molecule has 1 heterocycles. The summed E-state index contributed by atoms with van der Waals surface area (Å²) in [5, 5.41) is 3.38. The van der Waals surface area contributed by atoms with Gasteiger partial charge in [-0.05, 0) is 25.5 Å². The lowest BCUT2D eigenvalue weighted by atomic mass is 10.1. The lowest BCUT2D eigenvalue weighted by Crippen LogP contribution is -2.42. The maximum Gasteiger partial charge on any atom is 0.264 e. The van der Waals surface area contributed by atoms with Gasteiger partial charge in [-0.2, -0.15) is 0 Å². The molecule has 1 aromatic carbocycles. The van der Waals surface area contributed by atoms with E-state index >= 15 is 0 Å². The first-order valence-corrected chi connectivity index (χ1v) is 6.60. The average Bonchev–Trinajstić information content (AvgIpc) is 2.66. The number of hydrogen-bond donors (Lipinski definition) is 3. The number of anilines is 1. The van der Waals surface area contributed by atoms with E-state index in [2.05, 4.69) is 5.32 Å². The van der Waals surface area contributed by atoms with E-state index in [0.717, 1.165) is 15.6 Å². The zero-order valence-corrected chi connectivity index (χ0v) is 11.5. The molecule has 0 saturated heterocycles. The molecule has 0 saturated carbocycles. The highest BCUT2D eigenvalue weighted by Crippen LogP contribution is 2.34. The largest absolute Gasteiger partial charge is 0.397 e. The smallest absolute Gasteiger partial charge is 0.264 e. The Morgan fingerprint density at radius 3 is 2.68 bits per heavy atom. The van der Waals surface area contributed by atoms with Gasteiger partial charge < -0.3 is 16.8 Å². The number of primary amides is 1. The summed E-state index contributed by atoms with van der Waals surface area (Å²) in [4.78, 5) is 23.4. The van der Waals surface area contributed by atoms with Crippen molar-refractivity contribution < 1.29 is 9.59 Å². The number of rotatable bonds is 3. The van der Waals surface area contributed by atoms with Gasteiger partial charge >= 0.3 is 0 Å². The van der Waals surface area contributed by atoms with Crippen molar-refractivity contribution >= 4 is 38.9 Å². The van der Waals surface area contributed by atoms with Crippen LogP contribution in [-0.4, -0.2) is 17.9 Å². The molecule has 2 aromatic rings. The fourth-order valence-corrected chi connectivity index (χ4v) is 2.85. The molecule has 0 bridgehead atoms.